The molecule has 0 heterocycles. The van der Waals surface area contributed by atoms with Gasteiger partial charge in [-0.2, -0.15) is 0 Å². The Labute approximate surface area is 138 Å². The highest BCUT2D eigenvalue weighted by Crippen LogP contribution is 2.08. The van der Waals surface area contributed by atoms with Gasteiger partial charge in [-0.15, -0.1) is 5.73 Å². The number of unbranched alkanes of at least 4 members (excludes halogenated alkanes) is 10. The van der Waals surface area contributed by atoms with Crippen molar-refractivity contribution in [1.82, 2.24) is 5.32 Å². The van der Waals surface area contributed by atoms with Crippen molar-refractivity contribution in [3.63, 3.8) is 0 Å². The van der Waals surface area contributed by atoms with Crippen LogP contribution in [0.25, 0.3) is 0 Å². The largest absolute Gasteiger partial charge is 0.356 e. The Bertz CT molecular complexity index is 303. The van der Waals surface area contributed by atoms with Gasteiger partial charge in [-0.25, -0.2) is 0 Å². The monoisotopic (exact) mass is 307 g/mol. The molecule has 2 nitrogen and oxygen atoms in total. The molecule has 0 fully saturated rings. The zero-order chi connectivity index (χ0) is 16.3. The smallest absolute Gasteiger partial charge is 0.219 e. The van der Waals surface area contributed by atoms with Gasteiger partial charge in [0.2, 0.25) is 5.91 Å². The molecule has 1 N–H and O–H groups in total. The number of carbonyl (C=O) groups is 1. The average Bonchev–Trinajstić information content (AvgIpc) is 2.51. The third kappa shape index (κ3) is 17.0. The van der Waals surface area contributed by atoms with Gasteiger partial charge in [-0.1, -0.05) is 51.9 Å². The normalized spacial score (nSPS) is 10.1. The summed E-state index contributed by atoms with van der Waals surface area (Å²) < 4.78 is 0. The van der Waals surface area contributed by atoms with Crippen LogP contribution in [0.15, 0.2) is 17.9 Å². The Morgan fingerprint density at radius 3 is 1.95 bits per heavy atom. The molecule has 0 saturated carbocycles. The zero-order valence-corrected chi connectivity index (χ0v) is 15.0. The van der Waals surface area contributed by atoms with Crippen molar-refractivity contribution >= 4 is 5.91 Å². The van der Waals surface area contributed by atoms with E-state index in [0.717, 1.165) is 19.4 Å². The van der Waals surface area contributed by atoms with E-state index in [4.69, 9.17) is 0 Å². The van der Waals surface area contributed by atoms with Crippen molar-refractivity contribution < 1.29 is 4.79 Å². The maximum absolute atomic E-state index is 11.2. The Kier molecular flexibility index (Phi) is 17.2. The molecule has 22 heavy (non-hydrogen) atoms. The van der Waals surface area contributed by atoms with Crippen molar-refractivity contribution in [2.24, 2.45) is 0 Å². The fourth-order valence-corrected chi connectivity index (χ4v) is 2.45. The number of hydrogen-bond acceptors (Lipinski definition) is 1. The quantitative estimate of drug-likeness (QED) is 0.295. The van der Waals surface area contributed by atoms with E-state index in [9.17, 15) is 4.79 Å². The van der Waals surface area contributed by atoms with Crippen molar-refractivity contribution in [2.45, 2.75) is 97.3 Å². The molecule has 0 radical (unpaired) electrons. The lowest BCUT2D eigenvalue weighted by Crippen LogP contribution is -2.21. The second-order valence-electron chi connectivity index (χ2n) is 6.04. The van der Waals surface area contributed by atoms with Crippen LogP contribution in [0.4, 0.5) is 0 Å². The van der Waals surface area contributed by atoms with E-state index in [2.05, 4.69) is 30.1 Å². The molecular weight excluding hydrogens is 270 g/mol. The van der Waals surface area contributed by atoms with Gasteiger partial charge in [0.05, 0.1) is 0 Å². The Hall–Kier alpha value is -1.01. The molecule has 0 bridgehead atoms. The fourth-order valence-electron chi connectivity index (χ4n) is 2.45. The van der Waals surface area contributed by atoms with Crippen LogP contribution >= 0.6 is 0 Å². The van der Waals surface area contributed by atoms with Crippen LogP contribution in [0, 0.1) is 0 Å². The van der Waals surface area contributed by atoms with Crippen molar-refractivity contribution in [3.05, 3.63) is 17.9 Å². The number of nitrogens with one attached hydrogen (secondary N) is 1. The van der Waals surface area contributed by atoms with E-state index in [-0.39, 0.29) is 5.91 Å². The summed E-state index contributed by atoms with van der Waals surface area (Å²) in [6, 6.07) is 0. The molecule has 0 aromatic carbocycles. The number of hydrogen-bond donors (Lipinski definition) is 1. The standard InChI is InChI=1S/C20H37NO/c1-3-5-6-7-8-9-10-11-12-13-14-15-16-17-18-19-20(22)21-4-2/h10,12H,3-9,13-19H2,1-2H3,(H,21,22). The van der Waals surface area contributed by atoms with E-state index in [1.165, 1.54) is 64.2 Å². The fraction of sp³-hybridized carbons (Fsp3) is 0.800. The van der Waals surface area contributed by atoms with Gasteiger partial charge in [0.15, 0.2) is 0 Å². The molecular formula is C20H37NO. The maximum Gasteiger partial charge on any atom is 0.219 e. The molecule has 128 valence electrons. The lowest BCUT2D eigenvalue weighted by Gasteiger charge is -2.01. The highest BCUT2D eigenvalue weighted by molar-refractivity contribution is 5.75. The third-order valence-electron chi connectivity index (χ3n) is 3.81. The molecule has 0 rings (SSSR count). The molecule has 0 aliphatic heterocycles. The lowest BCUT2D eigenvalue weighted by atomic mass is 10.1. The van der Waals surface area contributed by atoms with E-state index in [1.807, 2.05) is 6.92 Å². The Morgan fingerprint density at radius 2 is 1.36 bits per heavy atom. The summed E-state index contributed by atoms with van der Waals surface area (Å²) in [7, 11) is 0. The second-order valence-corrected chi connectivity index (χ2v) is 6.04. The van der Waals surface area contributed by atoms with Crippen molar-refractivity contribution in [1.29, 1.82) is 0 Å². The third-order valence-corrected chi connectivity index (χ3v) is 3.81. The maximum atomic E-state index is 11.2. The zero-order valence-electron chi connectivity index (χ0n) is 15.0. The Morgan fingerprint density at radius 1 is 0.818 bits per heavy atom. The van der Waals surface area contributed by atoms with Crippen molar-refractivity contribution in [2.75, 3.05) is 6.54 Å². The molecule has 0 saturated heterocycles. The van der Waals surface area contributed by atoms with E-state index >= 15 is 0 Å². The first-order chi connectivity index (χ1) is 10.8. The van der Waals surface area contributed by atoms with Crippen LogP contribution in [-0.2, 0) is 4.79 Å². The number of amides is 1. The molecule has 2 heteroatoms. The summed E-state index contributed by atoms with van der Waals surface area (Å²) in [5, 5.41) is 2.84. The predicted octanol–water partition coefficient (Wildman–Crippen LogP) is 5.93. The van der Waals surface area contributed by atoms with Crippen LogP contribution in [-0.4, -0.2) is 12.5 Å². The number of carbonyl (C=O) groups excluding carboxylic acids is 1. The van der Waals surface area contributed by atoms with Gasteiger partial charge in [-0.3, -0.25) is 4.79 Å². The second kappa shape index (κ2) is 18.0. The molecule has 0 aliphatic rings. The molecule has 0 aromatic rings. The van der Waals surface area contributed by atoms with Gasteiger partial charge >= 0.3 is 0 Å². The van der Waals surface area contributed by atoms with Gasteiger partial charge in [0.1, 0.15) is 0 Å². The molecule has 1 amide bonds. The summed E-state index contributed by atoms with van der Waals surface area (Å²) in [6.45, 7) is 4.97. The molecule has 0 atom stereocenters. The van der Waals surface area contributed by atoms with Gasteiger partial charge in [-0.05, 0) is 51.2 Å². The van der Waals surface area contributed by atoms with Crippen LogP contribution < -0.4 is 5.32 Å². The first-order valence-electron chi connectivity index (χ1n) is 9.47. The van der Waals surface area contributed by atoms with Gasteiger partial charge < -0.3 is 5.32 Å². The van der Waals surface area contributed by atoms with Gasteiger partial charge in [0.25, 0.3) is 0 Å². The van der Waals surface area contributed by atoms with Crippen molar-refractivity contribution in [3.8, 4) is 0 Å². The average molecular weight is 308 g/mol. The predicted molar refractivity (Wildman–Crippen MR) is 97.0 cm³/mol. The SMILES string of the molecule is CCCCCCCC=C=CCCCCCCCC(=O)NCC. The number of allylic oxidation sites excluding steroid dienone is 1. The van der Waals surface area contributed by atoms with Crippen LogP contribution in [0.3, 0.4) is 0 Å². The first kappa shape index (κ1) is 21.0. The summed E-state index contributed by atoms with van der Waals surface area (Å²) in [6.07, 6.45) is 20.1. The topological polar surface area (TPSA) is 29.1 Å². The van der Waals surface area contributed by atoms with Gasteiger partial charge in [0, 0.05) is 13.0 Å². The molecule has 0 aromatic heterocycles. The Balaban J connectivity index is 3.24. The van der Waals surface area contributed by atoms with Crippen LogP contribution in [0.1, 0.15) is 97.3 Å². The molecule has 0 unspecified atom stereocenters. The first-order valence-corrected chi connectivity index (χ1v) is 9.47. The number of rotatable bonds is 15. The lowest BCUT2D eigenvalue weighted by molar-refractivity contribution is -0.121. The minimum Gasteiger partial charge on any atom is -0.356 e. The minimum absolute atomic E-state index is 0.199. The summed E-state index contributed by atoms with van der Waals surface area (Å²) >= 11 is 0. The van der Waals surface area contributed by atoms with E-state index in [0.29, 0.717) is 6.42 Å². The highest BCUT2D eigenvalue weighted by atomic mass is 16.1. The minimum atomic E-state index is 0.199. The summed E-state index contributed by atoms with van der Waals surface area (Å²) in [4.78, 5) is 11.2. The van der Waals surface area contributed by atoms with E-state index < -0.39 is 0 Å². The molecule has 0 aliphatic carbocycles. The van der Waals surface area contributed by atoms with E-state index in [1.54, 1.807) is 0 Å². The molecule has 0 spiro atoms. The highest BCUT2D eigenvalue weighted by Gasteiger charge is 1.98. The summed E-state index contributed by atoms with van der Waals surface area (Å²) in [5.41, 5.74) is 3.30. The summed E-state index contributed by atoms with van der Waals surface area (Å²) in [5.74, 6) is 0.199. The van der Waals surface area contributed by atoms with Crippen LogP contribution in [0.2, 0.25) is 0 Å². The van der Waals surface area contributed by atoms with Crippen LogP contribution in [0.5, 0.6) is 0 Å².